The lowest BCUT2D eigenvalue weighted by molar-refractivity contribution is -0.163. The predicted molar refractivity (Wildman–Crippen MR) is 105 cm³/mol. The zero-order valence-corrected chi connectivity index (χ0v) is 16.7. The van der Waals surface area contributed by atoms with Crippen molar-refractivity contribution in [2.24, 2.45) is 4.99 Å². The van der Waals surface area contributed by atoms with Gasteiger partial charge in [0.15, 0.2) is 5.79 Å². The van der Waals surface area contributed by atoms with Crippen molar-refractivity contribution in [3.63, 3.8) is 0 Å². The first-order valence-electron chi connectivity index (χ1n) is 9.28. The zero-order valence-electron chi connectivity index (χ0n) is 15.9. The molecule has 1 aliphatic heterocycles. The second-order valence-corrected chi connectivity index (χ2v) is 7.10. The molecular formula is C21H30ClNO2. The summed E-state index contributed by atoms with van der Waals surface area (Å²) in [6.07, 6.45) is 5.20. The first kappa shape index (κ1) is 20.2. The van der Waals surface area contributed by atoms with Crippen LogP contribution in [0.2, 0.25) is 5.02 Å². The summed E-state index contributed by atoms with van der Waals surface area (Å²) in [7, 11) is 0. The van der Waals surface area contributed by atoms with E-state index in [4.69, 9.17) is 26.1 Å². The quantitative estimate of drug-likeness (QED) is 0.602. The molecule has 3 rings (SSSR count). The van der Waals surface area contributed by atoms with Gasteiger partial charge in [-0.1, -0.05) is 56.5 Å². The smallest absolute Gasteiger partial charge is 0.172 e. The molecule has 1 fully saturated rings. The van der Waals surface area contributed by atoms with E-state index in [0.29, 0.717) is 13.2 Å². The van der Waals surface area contributed by atoms with Crippen LogP contribution in [0.3, 0.4) is 0 Å². The number of allylic oxidation sites excluding steroid dienone is 1. The number of hydrogen-bond donors (Lipinski definition) is 0. The third-order valence-corrected chi connectivity index (χ3v) is 4.98. The van der Waals surface area contributed by atoms with Crippen molar-refractivity contribution >= 4 is 17.3 Å². The number of rotatable bonds is 3. The van der Waals surface area contributed by atoms with Crippen LogP contribution in [0.25, 0.3) is 0 Å². The highest BCUT2D eigenvalue weighted by molar-refractivity contribution is 6.34. The van der Waals surface area contributed by atoms with Gasteiger partial charge in [0.25, 0.3) is 0 Å². The molecule has 1 aliphatic carbocycles. The molecule has 0 saturated carbocycles. The number of nitrogens with zero attached hydrogens (tertiary/aromatic N) is 1. The second kappa shape index (κ2) is 9.51. The lowest BCUT2D eigenvalue weighted by Crippen LogP contribution is -2.33. The lowest BCUT2D eigenvalue weighted by atomic mass is 9.91. The van der Waals surface area contributed by atoms with Crippen LogP contribution in [0.1, 0.15) is 65.4 Å². The summed E-state index contributed by atoms with van der Waals surface area (Å²) in [6, 6.07) is 7.82. The predicted octanol–water partition coefficient (Wildman–Crippen LogP) is 6.16. The van der Waals surface area contributed by atoms with E-state index in [1.807, 2.05) is 31.2 Å². The van der Waals surface area contributed by atoms with E-state index < -0.39 is 0 Å². The molecule has 3 nitrogen and oxygen atoms in total. The first-order valence-corrected chi connectivity index (χ1v) is 9.66. The summed E-state index contributed by atoms with van der Waals surface area (Å²) < 4.78 is 11.6. The van der Waals surface area contributed by atoms with Crippen molar-refractivity contribution < 1.29 is 9.47 Å². The highest BCUT2D eigenvalue weighted by atomic mass is 35.5. The van der Waals surface area contributed by atoms with Crippen molar-refractivity contribution in [2.75, 3.05) is 13.2 Å². The Morgan fingerprint density at radius 2 is 1.80 bits per heavy atom. The van der Waals surface area contributed by atoms with E-state index in [0.717, 1.165) is 41.3 Å². The minimum Gasteiger partial charge on any atom is -0.347 e. The average Bonchev–Trinajstić information content (AvgIpc) is 3.06. The molecule has 0 atom stereocenters. The Labute approximate surface area is 157 Å². The number of aliphatic imine (C=N–C) groups is 1. The van der Waals surface area contributed by atoms with Crippen LogP contribution < -0.4 is 0 Å². The Balaban J connectivity index is 0.000000511. The fourth-order valence-corrected chi connectivity index (χ4v) is 3.30. The van der Waals surface area contributed by atoms with Gasteiger partial charge in [-0.25, -0.2) is 0 Å². The molecule has 25 heavy (non-hydrogen) atoms. The van der Waals surface area contributed by atoms with Gasteiger partial charge in [0.1, 0.15) is 0 Å². The van der Waals surface area contributed by atoms with E-state index in [1.54, 1.807) is 0 Å². The van der Waals surface area contributed by atoms with Crippen molar-refractivity contribution in [3.05, 3.63) is 46.1 Å². The number of benzene rings is 1. The minimum absolute atomic E-state index is 0.387. The monoisotopic (exact) mass is 363 g/mol. The van der Waals surface area contributed by atoms with Crippen LogP contribution in [-0.4, -0.2) is 24.7 Å². The summed E-state index contributed by atoms with van der Waals surface area (Å²) in [4.78, 5) is 4.80. The zero-order chi connectivity index (χ0) is 18.3. The Morgan fingerprint density at radius 3 is 2.36 bits per heavy atom. The molecule has 138 valence electrons. The summed E-state index contributed by atoms with van der Waals surface area (Å²) in [5.41, 5.74) is 4.33. The Hall–Kier alpha value is -1.16. The van der Waals surface area contributed by atoms with Gasteiger partial charge in [-0.2, -0.15) is 0 Å². The molecule has 1 spiro atoms. The Morgan fingerprint density at radius 1 is 1.16 bits per heavy atom. The standard InChI is InChI=1S/C17H20ClNO2.C4H10/c1-12-11-17(20-9-10-21-17)8-7-16(12)19-13(2)14-5-3-4-6-15(14)18;1-3-4-2/h3-6H,7-11H2,1-2H3;3-4H2,1-2H3. The molecule has 0 radical (unpaired) electrons. The molecule has 0 amide bonds. The molecular weight excluding hydrogens is 334 g/mol. The summed E-state index contributed by atoms with van der Waals surface area (Å²) in [5, 5.41) is 0.742. The maximum absolute atomic E-state index is 6.23. The molecule has 0 bridgehead atoms. The summed E-state index contributed by atoms with van der Waals surface area (Å²) >= 11 is 6.23. The molecule has 0 unspecified atom stereocenters. The molecule has 0 aromatic heterocycles. The summed E-state index contributed by atoms with van der Waals surface area (Å²) in [5.74, 6) is -0.387. The van der Waals surface area contributed by atoms with E-state index in [2.05, 4.69) is 20.8 Å². The molecule has 1 saturated heterocycles. The summed E-state index contributed by atoms with van der Waals surface area (Å²) in [6.45, 7) is 9.88. The number of hydrogen-bond acceptors (Lipinski definition) is 3. The molecule has 1 aromatic carbocycles. The normalized spacial score (nSPS) is 19.8. The largest absolute Gasteiger partial charge is 0.347 e. The number of unbranched alkanes of at least 4 members (excludes halogenated alkanes) is 1. The van der Waals surface area contributed by atoms with Crippen LogP contribution in [0.15, 0.2) is 40.5 Å². The van der Waals surface area contributed by atoms with Crippen LogP contribution in [0, 0.1) is 0 Å². The van der Waals surface area contributed by atoms with Gasteiger partial charge in [0.2, 0.25) is 0 Å². The van der Waals surface area contributed by atoms with Gasteiger partial charge in [0.05, 0.1) is 13.2 Å². The van der Waals surface area contributed by atoms with E-state index in [-0.39, 0.29) is 5.79 Å². The maximum atomic E-state index is 6.23. The van der Waals surface area contributed by atoms with E-state index in [1.165, 1.54) is 18.4 Å². The van der Waals surface area contributed by atoms with Gasteiger partial charge in [0, 0.05) is 34.8 Å². The maximum Gasteiger partial charge on any atom is 0.172 e. The van der Waals surface area contributed by atoms with Crippen molar-refractivity contribution in [1.29, 1.82) is 0 Å². The highest BCUT2D eigenvalue weighted by Crippen LogP contribution is 2.39. The molecule has 1 aromatic rings. The fraction of sp³-hybridized carbons (Fsp3) is 0.571. The van der Waals surface area contributed by atoms with Gasteiger partial charge in [-0.3, -0.25) is 4.99 Å². The molecule has 4 heteroatoms. The molecule has 0 N–H and O–H groups in total. The van der Waals surface area contributed by atoms with Gasteiger partial charge < -0.3 is 9.47 Å². The van der Waals surface area contributed by atoms with Gasteiger partial charge in [-0.05, 0) is 31.9 Å². The van der Waals surface area contributed by atoms with E-state index in [9.17, 15) is 0 Å². The van der Waals surface area contributed by atoms with Crippen LogP contribution >= 0.6 is 11.6 Å². The van der Waals surface area contributed by atoms with Crippen LogP contribution in [0.5, 0.6) is 0 Å². The van der Waals surface area contributed by atoms with Gasteiger partial charge >= 0.3 is 0 Å². The average molecular weight is 364 g/mol. The third-order valence-electron chi connectivity index (χ3n) is 4.65. The molecule has 1 heterocycles. The fourth-order valence-electron chi connectivity index (χ4n) is 3.03. The molecule has 2 aliphatic rings. The lowest BCUT2D eigenvalue weighted by Gasteiger charge is -2.32. The third kappa shape index (κ3) is 5.40. The SMILES string of the molecule is CC(=NC1=C(C)CC2(CC1)OCCO2)c1ccccc1Cl.CCCC. The van der Waals surface area contributed by atoms with Crippen molar-refractivity contribution in [1.82, 2.24) is 0 Å². The van der Waals surface area contributed by atoms with E-state index >= 15 is 0 Å². The number of halogens is 1. The highest BCUT2D eigenvalue weighted by Gasteiger charge is 2.39. The second-order valence-electron chi connectivity index (χ2n) is 6.69. The van der Waals surface area contributed by atoms with Crippen molar-refractivity contribution in [3.8, 4) is 0 Å². The van der Waals surface area contributed by atoms with Crippen molar-refractivity contribution in [2.45, 2.75) is 65.6 Å². The first-order chi connectivity index (χ1) is 12.0. The Bertz CT molecular complexity index is 629. The van der Waals surface area contributed by atoms with Crippen LogP contribution in [-0.2, 0) is 9.47 Å². The number of ether oxygens (including phenoxy) is 2. The Kier molecular flexibility index (Phi) is 7.67. The topological polar surface area (TPSA) is 30.8 Å². The van der Waals surface area contributed by atoms with Gasteiger partial charge in [-0.15, -0.1) is 0 Å². The minimum atomic E-state index is -0.387. The van der Waals surface area contributed by atoms with Crippen LogP contribution in [0.4, 0.5) is 0 Å².